The maximum Gasteiger partial charge on any atom is 0.406 e. The molecule has 1 fully saturated rings. The number of halogens is 3. The minimum absolute atomic E-state index is 0.144. The van der Waals surface area contributed by atoms with Crippen molar-refractivity contribution in [3.63, 3.8) is 0 Å². The van der Waals surface area contributed by atoms with Crippen molar-refractivity contribution < 1.29 is 17.9 Å². The Balaban J connectivity index is 1.48. The van der Waals surface area contributed by atoms with E-state index in [2.05, 4.69) is 27.1 Å². The molecule has 1 aliphatic heterocycles. The lowest BCUT2D eigenvalue weighted by Gasteiger charge is -2.21. The van der Waals surface area contributed by atoms with E-state index in [1.807, 2.05) is 32.9 Å². The Kier molecular flexibility index (Phi) is 7.89. The summed E-state index contributed by atoms with van der Waals surface area (Å²) in [5, 5.41) is 3.90. The van der Waals surface area contributed by atoms with Gasteiger partial charge in [-0.25, -0.2) is 9.97 Å². The topological polar surface area (TPSA) is 52.0 Å². The van der Waals surface area contributed by atoms with Crippen LogP contribution in [0, 0.1) is 17.8 Å². The zero-order valence-corrected chi connectivity index (χ0v) is 21.1. The van der Waals surface area contributed by atoms with Gasteiger partial charge >= 0.3 is 6.18 Å². The standard InChI is InChI=1S/C28H33F3N4O/c1-27(2,3)26-33-17-23(18-34-26)32-12-4-5-24-16-22-15-21(7-6-20-10-13-36-14-11-20)8-9-25(22)35(24)19-28(29,30)31/h8-9,15-18,20,32H,6-7,10-14,19H2,1-3H3. The zero-order chi connectivity index (χ0) is 25.8. The van der Waals surface area contributed by atoms with Crippen LogP contribution in [0.1, 0.15) is 57.1 Å². The fraction of sp³-hybridized carbons (Fsp3) is 0.500. The van der Waals surface area contributed by atoms with Gasteiger partial charge in [0.25, 0.3) is 0 Å². The molecule has 3 aromatic rings. The zero-order valence-electron chi connectivity index (χ0n) is 21.1. The number of nitrogens with zero attached hydrogens (tertiary/aromatic N) is 3. The summed E-state index contributed by atoms with van der Waals surface area (Å²) in [6, 6.07) is 7.48. The third-order valence-electron chi connectivity index (χ3n) is 6.41. The number of anilines is 1. The lowest BCUT2D eigenvalue weighted by molar-refractivity contribution is -0.140. The molecule has 0 unspecified atom stereocenters. The highest BCUT2D eigenvalue weighted by molar-refractivity contribution is 5.83. The van der Waals surface area contributed by atoms with Crippen molar-refractivity contribution in [2.24, 2.45) is 5.92 Å². The molecule has 192 valence electrons. The number of ether oxygens (including phenoxy) is 1. The molecule has 1 aliphatic rings. The van der Waals surface area contributed by atoms with Gasteiger partial charge in [-0.2, -0.15) is 13.2 Å². The molecule has 0 amide bonds. The van der Waals surface area contributed by atoms with E-state index in [0.29, 0.717) is 22.8 Å². The average molecular weight is 499 g/mol. The first-order valence-electron chi connectivity index (χ1n) is 12.4. The van der Waals surface area contributed by atoms with E-state index in [-0.39, 0.29) is 12.0 Å². The second-order valence-corrected chi connectivity index (χ2v) is 10.4. The molecule has 1 N–H and O–H groups in total. The molecular weight excluding hydrogens is 465 g/mol. The molecule has 0 saturated carbocycles. The largest absolute Gasteiger partial charge is 0.406 e. The Hall–Kier alpha value is -3.05. The van der Waals surface area contributed by atoms with Crippen LogP contribution in [0.15, 0.2) is 36.7 Å². The van der Waals surface area contributed by atoms with E-state index in [0.717, 1.165) is 55.7 Å². The van der Waals surface area contributed by atoms with Crippen molar-refractivity contribution in [2.75, 3.05) is 25.1 Å². The van der Waals surface area contributed by atoms with E-state index >= 15 is 0 Å². The molecule has 0 atom stereocenters. The molecule has 1 aromatic carbocycles. The fourth-order valence-electron chi connectivity index (χ4n) is 4.42. The van der Waals surface area contributed by atoms with Gasteiger partial charge in [-0.05, 0) is 61.3 Å². The predicted molar refractivity (Wildman–Crippen MR) is 136 cm³/mol. The minimum atomic E-state index is -4.34. The monoisotopic (exact) mass is 498 g/mol. The highest BCUT2D eigenvalue weighted by atomic mass is 19.4. The Morgan fingerprint density at radius 2 is 1.81 bits per heavy atom. The van der Waals surface area contributed by atoms with Crippen molar-refractivity contribution >= 4 is 16.6 Å². The van der Waals surface area contributed by atoms with Crippen LogP contribution in [0.3, 0.4) is 0 Å². The van der Waals surface area contributed by atoms with E-state index in [9.17, 15) is 13.2 Å². The fourth-order valence-corrected chi connectivity index (χ4v) is 4.42. The van der Waals surface area contributed by atoms with Crippen molar-refractivity contribution in [3.8, 4) is 11.8 Å². The van der Waals surface area contributed by atoms with Crippen LogP contribution >= 0.6 is 0 Å². The minimum Gasteiger partial charge on any atom is -0.381 e. The highest BCUT2D eigenvalue weighted by Gasteiger charge is 2.29. The third kappa shape index (κ3) is 7.01. The molecule has 0 bridgehead atoms. The van der Waals surface area contributed by atoms with Crippen LogP contribution in [0.4, 0.5) is 18.9 Å². The Labute approximate surface area is 210 Å². The Bertz CT molecular complexity index is 1220. The third-order valence-corrected chi connectivity index (χ3v) is 6.41. The first-order valence-corrected chi connectivity index (χ1v) is 12.4. The summed E-state index contributed by atoms with van der Waals surface area (Å²) in [4.78, 5) is 8.73. The van der Waals surface area contributed by atoms with Gasteiger partial charge in [0.2, 0.25) is 0 Å². The summed E-state index contributed by atoms with van der Waals surface area (Å²) in [5.74, 6) is 7.26. The van der Waals surface area contributed by atoms with Gasteiger partial charge in [-0.15, -0.1) is 0 Å². The van der Waals surface area contributed by atoms with E-state index < -0.39 is 12.7 Å². The van der Waals surface area contributed by atoms with Gasteiger partial charge in [-0.1, -0.05) is 32.8 Å². The van der Waals surface area contributed by atoms with Crippen molar-refractivity contribution in [3.05, 3.63) is 53.7 Å². The van der Waals surface area contributed by atoms with Gasteiger partial charge in [-0.3, -0.25) is 0 Å². The molecule has 5 nitrogen and oxygen atoms in total. The van der Waals surface area contributed by atoms with Crippen LogP contribution in [0.25, 0.3) is 10.9 Å². The number of aryl methyl sites for hydroxylation is 1. The van der Waals surface area contributed by atoms with Gasteiger partial charge in [0.05, 0.1) is 30.3 Å². The molecule has 0 aliphatic carbocycles. The van der Waals surface area contributed by atoms with E-state index in [1.54, 1.807) is 24.5 Å². The lowest BCUT2D eigenvalue weighted by Crippen LogP contribution is -2.18. The maximum absolute atomic E-state index is 13.4. The summed E-state index contributed by atoms with van der Waals surface area (Å²) < 4.78 is 46.7. The number of hydrogen-bond acceptors (Lipinski definition) is 4. The molecular formula is C28H33F3N4O. The van der Waals surface area contributed by atoms with Crippen molar-refractivity contribution in [1.82, 2.24) is 14.5 Å². The average Bonchev–Trinajstić information content (AvgIpc) is 3.16. The number of rotatable bonds is 6. The smallest absolute Gasteiger partial charge is 0.381 e. The van der Waals surface area contributed by atoms with E-state index in [1.165, 1.54) is 4.57 Å². The second-order valence-electron chi connectivity index (χ2n) is 10.4. The molecule has 1 saturated heterocycles. The Morgan fingerprint density at radius 3 is 2.47 bits per heavy atom. The molecule has 2 aromatic heterocycles. The summed E-state index contributed by atoms with van der Waals surface area (Å²) in [6.45, 7) is 6.94. The Morgan fingerprint density at radius 1 is 1.08 bits per heavy atom. The quantitative estimate of drug-likeness (QED) is 0.417. The molecule has 3 heterocycles. The lowest BCUT2D eigenvalue weighted by atomic mass is 9.92. The van der Waals surface area contributed by atoms with Crippen LogP contribution in [-0.4, -0.2) is 40.5 Å². The summed E-state index contributed by atoms with van der Waals surface area (Å²) >= 11 is 0. The van der Waals surface area contributed by atoms with Crippen LogP contribution in [-0.2, 0) is 23.1 Å². The predicted octanol–water partition coefficient (Wildman–Crippen LogP) is 6.11. The SMILES string of the molecule is CC(C)(C)c1ncc(NCC#Cc2cc3cc(CCC4CCOCC4)ccc3n2CC(F)(F)F)cn1. The first kappa shape index (κ1) is 26.0. The summed E-state index contributed by atoms with van der Waals surface area (Å²) in [7, 11) is 0. The van der Waals surface area contributed by atoms with Gasteiger partial charge < -0.3 is 14.6 Å². The van der Waals surface area contributed by atoms with Crippen LogP contribution in [0.5, 0.6) is 0 Å². The molecule has 8 heteroatoms. The number of aromatic nitrogens is 3. The van der Waals surface area contributed by atoms with Crippen LogP contribution in [0.2, 0.25) is 0 Å². The number of benzene rings is 1. The van der Waals surface area contributed by atoms with Gasteiger partial charge in [0.15, 0.2) is 0 Å². The van der Waals surface area contributed by atoms with Gasteiger partial charge in [0.1, 0.15) is 12.4 Å². The summed E-state index contributed by atoms with van der Waals surface area (Å²) in [5.41, 5.74) is 2.60. The second kappa shape index (κ2) is 10.9. The summed E-state index contributed by atoms with van der Waals surface area (Å²) in [6.07, 6.45) is 3.17. The number of alkyl halides is 3. The highest BCUT2D eigenvalue weighted by Crippen LogP contribution is 2.28. The van der Waals surface area contributed by atoms with Crippen LogP contribution < -0.4 is 5.32 Å². The normalized spacial score (nSPS) is 15.1. The number of hydrogen-bond donors (Lipinski definition) is 1. The van der Waals surface area contributed by atoms with E-state index in [4.69, 9.17) is 4.74 Å². The molecule has 0 spiro atoms. The molecule has 36 heavy (non-hydrogen) atoms. The first-order chi connectivity index (χ1) is 17.1. The maximum atomic E-state index is 13.4. The van der Waals surface area contributed by atoms with Crippen molar-refractivity contribution in [1.29, 1.82) is 0 Å². The molecule has 0 radical (unpaired) electrons. The van der Waals surface area contributed by atoms with Crippen molar-refractivity contribution in [2.45, 2.75) is 64.6 Å². The van der Waals surface area contributed by atoms with Gasteiger partial charge in [0, 0.05) is 29.5 Å². The number of nitrogens with one attached hydrogen (secondary N) is 1. The number of fused-ring (bicyclic) bond motifs is 1. The molecule has 4 rings (SSSR count).